The number of benzene rings is 1. The topological polar surface area (TPSA) is 46.9 Å². The number of aromatic nitrogens is 2. The van der Waals surface area contributed by atoms with E-state index in [1.54, 1.807) is 6.20 Å². The lowest BCUT2D eigenvalue weighted by Crippen LogP contribution is -2.36. The Morgan fingerprint density at radius 3 is 2.75 bits per heavy atom. The highest BCUT2D eigenvalue weighted by molar-refractivity contribution is 9.09. The van der Waals surface area contributed by atoms with Gasteiger partial charge in [0.25, 0.3) is 0 Å². The van der Waals surface area contributed by atoms with E-state index in [4.69, 9.17) is 0 Å². The second kappa shape index (κ2) is 5.05. The molecule has 104 valence electrons. The fraction of sp³-hybridized carbons (Fsp3) is 0.333. The van der Waals surface area contributed by atoms with E-state index in [1.165, 1.54) is 0 Å². The fourth-order valence-electron chi connectivity index (χ4n) is 2.51. The standard InChI is InChI=1S/C15H16BrN3O/c1-19-8-7-17-13(19)10-18-14(20)15(9-12(15)16)11-5-3-2-4-6-11/h2-8,12H,9-10H2,1H3,(H,18,20). The Morgan fingerprint density at radius 2 is 2.20 bits per heavy atom. The van der Waals surface area contributed by atoms with E-state index in [0.717, 1.165) is 17.8 Å². The smallest absolute Gasteiger partial charge is 0.232 e. The van der Waals surface area contributed by atoms with Crippen LogP contribution in [0, 0.1) is 0 Å². The van der Waals surface area contributed by atoms with Crippen LogP contribution in [0.25, 0.3) is 0 Å². The molecule has 1 aliphatic rings. The molecule has 1 aliphatic carbocycles. The molecule has 3 rings (SSSR count). The molecule has 1 saturated carbocycles. The van der Waals surface area contributed by atoms with Gasteiger partial charge in [0, 0.05) is 24.3 Å². The number of nitrogens with zero attached hydrogens (tertiary/aromatic N) is 2. The van der Waals surface area contributed by atoms with Crippen molar-refractivity contribution in [1.29, 1.82) is 0 Å². The molecule has 2 atom stereocenters. The molecule has 0 aliphatic heterocycles. The predicted molar refractivity (Wildman–Crippen MR) is 80.5 cm³/mol. The molecule has 1 aromatic carbocycles. The van der Waals surface area contributed by atoms with E-state index in [1.807, 2.05) is 48.1 Å². The van der Waals surface area contributed by atoms with Gasteiger partial charge < -0.3 is 9.88 Å². The molecule has 2 aromatic rings. The summed E-state index contributed by atoms with van der Waals surface area (Å²) in [6.07, 6.45) is 4.45. The second-order valence-corrected chi connectivity index (χ2v) is 6.25. The lowest BCUT2D eigenvalue weighted by Gasteiger charge is -2.16. The summed E-state index contributed by atoms with van der Waals surface area (Å²) >= 11 is 3.59. The highest BCUT2D eigenvalue weighted by atomic mass is 79.9. The Morgan fingerprint density at radius 1 is 1.50 bits per heavy atom. The number of halogens is 1. The largest absolute Gasteiger partial charge is 0.348 e. The van der Waals surface area contributed by atoms with Crippen LogP contribution in [0.4, 0.5) is 0 Å². The van der Waals surface area contributed by atoms with Gasteiger partial charge in [-0.25, -0.2) is 4.98 Å². The quantitative estimate of drug-likeness (QED) is 0.871. The molecule has 0 saturated heterocycles. The summed E-state index contributed by atoms with van der Waals surface area (Å²) in [5.74, 6) is 0.918. The van der Waals surface area contributed by atoms with Crippen LogP contribution < -0.4 is 5.32 Å². The number of rotatable bonds is 4. The Hall–Kier alpha value is -1.62. The molecule has 0 spiro atoms. The van der Waals surface area contributed by atoms with Crippen molar-refractivity contribution in [3.8, 4) is 0 Å². The number of carbonyl (C=O) groups excluding carboxylic acids is 1. The number of hydrogen-bond donors (Lipinski definition) is 1. The molecule has 1 fully saturated rings. The van der Waals surface area contributed by atoms with E-state index in [0.29, 0.717) is 6.54 Å². The van der Waals surface area contributed by atoms with Gasteiger partial charge in [-0.3, -0.25) is 4.79 Å². The maximum absolute atomic E-state index is 12.6. The van der Waals surface area contributed by atoms with Gasteiger partial charge in [0.05, 0.1) is 12.0 Å². The summed E-state index contributed by atoms with van der Waals surface area (Å²) in [4.78, 5) is 17.0. The molecular formula is C15H16BrN3O. The SMILES string of the molecule is Cn1ccnc1CNC(=O)C1(c2ccccc2)CC1Br. The Labute approximate surface area is 126 Å². The summed E-state index contributed by atoms with van der Waals surface area (Å²) in [6, 6.07) is 9.94. The van der Waals surface area contributed by atoms with E-state index < -0.39 is 5.41 Å². The van der Waals surface area contributed by atoms with Crippen LogP contribution in [0.2, 0.25) is 0 Å². The van der Waals surface area contributed by atoms with Crippen LogP contribution in [0.5, 0.6) is 0 Å². The summed E-state index contributed by atoms with van der Waals surface area (Å²) in [5.41, 5.74) is 0.645. The number of aryl methyl sites for hydroxylation is 1. The van der Waals surface area contributed by atoms with Crippen LogP contribution in [0.3, 0.4) is 0 Å². The third kappa shape index (κ3) is 2.16. The number of amides is 1. The van der Waals surface area contributed by atoms with E-state index in [-0.39, 0.29) is 10.7 Å². The van der Waals surface area contributed by atoms with Crippen molar-refractivity contribution in [3.63, 3.8) is 0 Å². The number of nitrogens with one attached hydrogen (secondary N) is 1. The first-order valence-electron chi connectivity index (χ1n) is 6.58. The zero-order chi connectivity index (χ0) is 14.2. The number of hydrogen-bond acceptors (Lipinski definition) is 2. The molecule has 20 heavy (non-hydrogen) atoms. The summed E-state index contributed by atoms with van der Waals surface area (Å²) < 4.78 is 1.91. The van der Waals surface area contributed by atoms with Crippen molar-refractivity contribution in [2.24, 2.45) is 7.05 Å². The van der Waals surface area contributed by atoms with Gasteiger partial charge in [0.15, 0.2) is 0 Å². The minimum absolute atomic E-state index is 0.0635. The maximum atomic E-state index is 12.6. The molecule has 5 heteroatoms. The van der Waals surface area contributed by atoms with Crippen molar-refractivity contribution in [2.45, 2.75) is 23.2 Å². The van der Waals surface area contributed by atoms with Crippen molar-refractivity contribution >= 4 is 21.8 Å². The molecule has 1 aromatic heterocycles. The Bertz CT molecular complexity index is 625. The molecule has 0 bridgehead atoms. The predicted octanol–water partition coefficient (Wildman–Crippen LogP) is 2.14. The number of carbonyl (C=O) groups is 1. The number of imidazole rings is 1. The third-order valence-electron chi connectivity index (χ3n) is 3.90. The first-order valence-corrected chi connectivity index (χ1v) is 7.50. The minimum Gasteiger partial charge on any atom is -0.348 e. The monoisotopic (exact) mass is 333 g/mol. The zero-order valence-corrected chi connectivity index (χ0v) is 12.8. The Balaban J connectivity index is 1.75. The van der Waals surface area contributed by atoms with E-state index in [9.17, 15) is 4.79 Å². The molecule has 2 unspecified atom stereocenters. The second-order valence-electron chi connectivity index (χ2n) is 5.15. The third-order valence-corrected chi connectivity index (χ3v) is 5.00. The lowest BCUT2D eigenvalue weighted by atomic mass is 9.95. The average molecular weight is 334 g/mol. The van der Waals surface area contributed by atoms with Gasteiger partial charge >= 0.3 is 0 Å². The fourth-order valence-corrected chi connectivity index (χ4v) is 3.49. The number of alkyl halides is 1. The average Bonchev–Trinajstić information content (AvgIpc) is 2.99. The molecule has 1 amide bonds. The normalized spacial score (nSPS) is 24.4. The van der Waals surface area contributed by atoms with Crippen molar-refractivity contribution in [2.75, 3.05) is 0 Å². The van der Waals surface area contributed by atoms with Crippen molar-refractivity contribution in [1.82, 2.24) is 14.9 Å². The summed E-state index contributed by atoms with van der Waals surface area (Å²) in [7, 11) is 1.92. The van der Waals surface area contributed by atoms with Gasteiger partial charge in [-0.1, -0.05) is 46.3 Å². The van der Waals surface area contributed by atoms with Crippen LogP contribution in [-0.4, -0.2) is 20.3 Å². The lowest BCUT2D eigenvalue weighted by molar-refractivity contribution is -0.123. The van der Waals surface area contributed by atoms with Gasteiger partial charge in [-0.15, -0.1) is 0 Å². The highest BCUT2D eigenvalue weighted by Gasteiger charge is 2.59. The maximum Gasteiger partial charge on any atom is 0.232 e. The molecular weight excluding hydrogens is 318 g/mol. The van der Waals surface area contributed by atoms with Crippen LogP contribution in [0.15, 0.2) is 42.7 Å². The van der Waals surface area contributed by atoms with Gasteiger partial charge in [0.1, 0.15) is 5.82 Å². The van der Waals surface area contributed by atoms with Crippen molar-refractivity contribution < 1.29 is 4.79 Å². The van der Waals surface area contributed by atoms with Gasteiger partial charge in [-0.2, -0.15) is 0 Å². The molecule has 1 heterocycles. The van der Waals surface area contributed by atoms with Crippen LogP contribution in [0.1, 0.15) is 17.8 Å². The van der Waals surface area contributed by atoms with Crippen LogP contribution in [-0.2, 0) is 23.8 Å². The zero-order valence-electron chi connectivity index (χ0n) is 11.2. The van der Waals surface area contributed by atoms with E-state index in [2.05, 4.69) is 26.2 Å². The van der Waals surface area contributed by atoms with Crippen molar-refractivity contribution in [3.05, 3.63) is 54.1 Å². The molecule has 4 nitrogen and oxygen atoms in total. The Kier molecular flexibility index (Phi) is 3.38. The molecule has 0 radical (unpaired) electrons. The van der Waals surface area contributed by atoms with Crippen LogP contribution >= 0.6 is 15.9 Å². The summed E-state index contributed by atoms with van der Waals surface area (Å²) in [5, 5.41) is 3.01. The minimum atomic E-state index is -0.424. The highest BCUT2D eigenvalue weighted by Crippen LogP contribution is 2.53. The summed E-state index contributed by atoms with van der Waals surface area (Å²) in [6.45, 7) is 0.455. The van der Waals surface area contributed by atoms with Gasteiger partial charge in [-0.05, 0) is 12.0 Å². The van der Waals surface area contributed by atoms with E-state index >= 15 is 0 Å². The van der Waals surface area contributed by atoms with Gasteiger partial charge in [0.2, 0.25) is 5.91 Å². The first-order chi connectivity index (χ1) is 9.64. The molecule has 1 N–H and O–H groups in total. The first kappa shape index (κ1) is 13.4.